The van der Waals surface area contributed by atoms with Gasteiger partial charge in [0.05, 0.1) is 16.8 Å². The number of esters is 1. The molecule has 0 atom stereocenters. The van der Waals surface area contributed by atoms with Gasteiger partial charge in [0.2, 0.25) is 0 Å². The lowest BCUT2D eigenvalue weighted by Crippen LogP contribution is -2.38. The Labute approximate surface area is 152 Å². The summed E-state index contributed by atoms with van der Waals surface area (Å²) in [7, 11) is 0. The van der Waals surface area contributed by atoms with Crippen molar-refractivity contribution in [3.05, 3.63) is 66.0 Å². The van der Waals surface area contributed by atoms with Crippen molar-refractivity contribution < 1.29 is 13.9 Å². The number of fused-ring (bicyclic) bond motifs is 1. The molecule has 0 saturated carbocycles. The van der Waals surface area contributed by atoms with E-state index in [2.05, 4.69) is 10.3 Å². The number of ether oxygens (including phenoxy) is 1. The van der Waals surface area contributed by atoms with E-state index in [1.165, 1.54) is 12.1 Å². The van der Waals surface area contributed by atoms with Crippen molar-refractivity contribution in [2.45, 2.75) is 26.3 Å². The first-order valence-electron chi connectivity index (χ1n) is 8.41. The summed E-state index contributed by atoms with van der Waals surface area (Å²) in [6.07, 6.45) is 0. The summed E-state index contributed by atoms with van der Waals surface area (Å²) in [6, 6.07) is 15.2. The molecule has 26 heavy (non-hydrogen) atoms. The number of halogens is 1. The molecule has 0 radical (unpaired) electrons. The molecule has 5 heteroatoms. The Hall–Kier alpha value is -2.79. The van der Waals surface area contributed by atoms with E-state index in [4.69, 9.17) is 4.74 Å². The summed E-state index contributed by atoms with van der Waals surface area (Å²) in [5.41, 5.74) is 2.71. The first-order chi connectivity index (χ1) is 12.3. The smallest absolute Gasteiger partial charge is 0.339 e. The van der Waals surface area contributed by atoms with Crippen LogP contribution in [0.3, 0.4) is 0 Å². The Morgan fingerprint density at radius 2 is 1.81 bits per heavy atom. The van der Waals surface area contributed by atoms with Gasteiger partial charge in [-0.1, -0.05) is 6.07 Å². The van der Waals surface area contributed by atoms with Crippen molar-refractivity contribution in [3.8, 4) is 11.3 Å². The van der Waals surface area contributed by atoms with Crippen LogP contribution in [0.5, 0.6) is 0 Å². The molecule has 0 fully saturated rings. The van der Waals surface area contributed by atoms with Gasteiger partial charge in [-0.2, -0.15) is 0 Å². The number of hydrogen-bond donors (Lipinski definition) is 1. The topological polar surface area (TPSA) is 51.2 Å². The molecular formula is C21H21FN2O2. The number of hydrogen-bond acceptors (Lipinski definition) is 4. The zero-order chi connectivity index (χ0) is 18.7. The first-order valence-corrected chi connectivity index (χ1v) is 8.41. The van der Waals surface area contributed by atoms with Crippen LogP contribution in [0.2, 0.25) is 0 Å². The summed E-state index contributed by atoms with van der Waals surface area (Å²) in [4.78, 5) is 16.8. The van der Waals surface area contributed by atoms with Gasteiger partial charge >= 0.3 is 5.97 Å². The van der Waals surface area contributed by atoms with Crippen LogP contribution in [0.25, 0.3) is 22.2 Å². The molecule has 0 unspecified atom stereocenters. The number of rotatable bonds is 4. The standard InChI is InChI=1S/C21H21FN2O2/c1-21(2,3)23-13-26-20(25)16-7-11-19-15(12-16)6-10-18(24-19)14-4-8-17(22)9-5-14/h4-12,23H,13H2,1-3H3. The van der Waals surface area contributed by atoms with Gasteiger partial charge in [-0.15, -0.1) is 0 Å². The highest BCUT2D eigenvalue weighted by Gasteiger charge is 2.12. The molecular weight excluding hydrogens is 331 g/mol. The number of nitrogens with one attached hydrogen (secondary N) is 1. The molecule has 0 aliphatic carbocycles. The average molecular weight is 352 g/mol. The van der Waals surface area contributed by atoms with Crippen LogP contribution in [0.1, 0.15) is 31.1 Å². The minimum atomic E-state index is -0.383. The molecule has 4 nitrogen and oxygen atoms in total. The Morgan fingerprint density at radius 1 is 1.08 bits per heavy atom. The molecule has 0 aliphatic rings. The molecule has 2 aromatic carbocycles. The number of benzene rings is 2. The number of pyridine rings is 1. The summed E-state index contributed by atoms with van der Waals surface area (Å²) in [5, 5.41) is 3.95. The zero-order valence-corrected chi connectivity index (χ0v) is 15.0. The van der Waals surface area contributed by atoms with Gasteiger partial charge in [-0.05, 0) is 69.3 Å². The fourth-order valence-electron chi connectivity index (χ4n) is 2.44. The molecule has 1 aromatic heterocycles. The minimum absolute atomic E-state index is 0.121. The third kappa shape index (κ3) is 4.43. The van der Waals surface area contributed by atoms with E-state index in [0.29, 0.717) is 5.56 Å². The van der Waals surface area contributed by atoms with E-state index >= 15 is 0 Å². The van der Waals surface area contributed by atoms with E-state index in [-0.39, 0.29) is 24.1 Å². The molecule has 0 aliphatic heterocycles. The highest BCUT2D eigenvalue weighted by atomic mass is 19.1. The monoisotopic (exact) mass is 352 g/mol. The number of nitrogens with zero attached hydrogens (tertiary/aromatic N) is 1. The van der Waals surface area contributed by atoms with E-state index < -0.39 is 0 Å². The van der Waals surface area contributed by atoms with Gasteiger partial charge in [-0.25, -0.2) is 14.2 Å². The highest BCUT2D eigenvalue weighted by molar-refractivity contribution is 5.94. The van der Waals surface area contributed by atoms with E-state index in [1.54, 1.807) is 30.3 Å². The second-order valence-electron chi connectivity index (χ2n) is 7.11. The summed E-state index contributed by atoms with van der Waals surface area (Å²) < 4.78 is 18.3. The van der Waals surface area contributed by atoms with Gasteiger partial charge in [0.15, 0.2) is 0 Å². The van der Waals surface area contributed by atoms with Crippen molar-refractivity contribution in [1.82, 2.24) is 10.3 Å². The minimum Gasteiger partial charge on any atom is -0.446 e. The van der Waals surface area contributed by atoms with Crippen molar-refractivity contribution in [2.24, 2.45) is 0 Å². The van der Waals surface area contributed by atoms with Crippen molar-refractivity contribution in [1.29, 1.82) is 0 Å². The highest BCUT2D eigenvalue weighted by Crippen LogP contribution is 2.22. The van der Waals surface area contributed by atoms with Crippen LogP contribution in [0.15, 0.2) is 54.6 Å². The molecule has 0 bridgehead atoms. The lowest BCUT2D eigenvalue weighted by atomic mass is 10.1. The molecule has 1 N–H and O–H groups in total. The van der Waals surface area contributed by atoms with Crippen LogP contribution < -0.4 is 5.32 Å². The first kappa shape index (κ1) is 18.0. The Morgan fingerprint density at radius 3 is 2.50 bits per heavy atom. The summed E-state index contributed by atoms with van der Waals surface area (Å²) in [5.74, 6) is -0.662. The van der Waals surface area contributed by atoms with Gasteiger partial charge in [0.1, 0.15) is 12.5 Å². The molecule has 0 spiro atoms. The SMILES string of the molecule is CC(C)(C)NCOC(=O)c1ccc2nc(-c3ccc(F)cc3)ccc2c1. The quantitative estimate of drug-likeness (QED) is 0.553. The lowest BCUT2D eigenvalue weighted by Gasteiger charge is -2.20. The van der Waals surface area contributed by atoms with E-state index in [9.17, 15) is 9.18 Å². The van der Waals surface area contributed by atoms with Crippen LogP contribution in [0.4, 0.5) is 4.39 Å². The maximum atomic E-state index is 13.1. The van der Waals surface area contributed by atoms with Gasteiger partial charge in [0.25, 0.3) is 0 Å². The Balaban J connectivity index is 1.78. The zero-order valence-electron chi connectivity index (χ0n) is 15.0. The Bertz CT molecular complexity index is 931. The normalized spacial score (nSPS) is 11.5. The van der Waals surface area contributed by atoms with Crippen molar-refractivity contribution >= 4 is 16.9 Å². The predicted molar refractivity (Wildman–Crippen MR) is 100 cm³/mol. The number of aromatic nitrogens is 1. The third-order valence-corrected chi connectivity index (χ3v) is 3.87. The fraction of sp³-hybridized carbons (Fsp3) is 0.238. The van der Waals surface area contributed by atoms with Crippen molar-refractivity contribution in [2.75, 3.05) is 6.73 Å². The largest absolute Gasteiger partial charge is 0.446 e. The maximum absolute atomic E-state index is 13.1. The molecule has 0 amide bonds. The fourth-order valence-corrected chi connectivity index (χ4v) is 2.44. The summed E-state index contributed by atoms with van der Waals surface area (Å²) >= 11 is 0. The summed E-state index contributed by atoms with van der Waals surface area (Å²) in [6.45, 7) is 6.16. The van der Waals surface area contributed by atoms with Crippen LogP contribution >= 0.6 is 0 Å². The molecule has 3 aromatic rings. The van der Waals surface area contributed by atoms with Crippen LogP contribution in [-0.2, 0) is 4.74 Å². The molecule has 0 saturated heterocycles. The average Bonchev–Trinajstić information content (AvgIpc) is 2.60. The van der Waals surface area contributed by atoms with Gasteiger partial charge in [0, 0.05) is 16.5 Å². The second-order valence-corrected chi connectivity index (χ2v) is 7.11. The van der Waals surface area contributed by atoms with E-state index in [1.807, 2.05) is 32.9 Å². The molecule has 134 valence electrons. The molecule has 3 rings (SSSR count). The van der Waals surface area contributed by atoms with Gasteiger partial charge < -0.3 is 4.74 Å². The van der Waals surface area contributed by atoms with E-state index in [0.717, 1.165) is 22.2 Å². The van der Waals surface area contributed by atoms with Crippen LogP contribution in [-0.4, -0.2) is 23.2 Å². The maximum Gasteiger partial charge on any atom is 0.339 e. The third-order valence-electron chi connectivity index (χ3n) is 3.87. The van der Waals surface area contributed by atoms with Crippen molar-refractivity contribution in [3.63, 3.8) is 0 Å². The number of carbonyl (C=O) groups is 1. The number of carbonyl (C=O) groups excluding carboxylic acids is 1. The predicted octanol–water partition coefficient (Wildman–Crippen LogP) is 4.54. The second kappa shape index (κ2) is 7.22. The van der Waals surface area contributed by atoms with Gasteiger partial charge in [-0.3, -0.25) is 5.32 Å². The lowest BCUT2D eigenvalue weighted by molar-refractivity contribution is 0.0441. The Kier molecular flexibility index (Phi) is 5.00. The molecule has 1 heterocycles. The van der Waals surface area contributed by atoms with Crippen LogP contribution in [0, 0.1) is 5.82 Å².